The van der Waals surface area contributed by atoms with Crippen molar-refractivity contribution in [3.8, 4) is 0 Å². The average Bonchev–Trinajstić information content (AvgIpc) is 2.40. The lowest BCUT2D eigenvalue weighted by molar-refractivity contribution is -0.202. The summed E-state index contributed by atoms with van der Waals surface area (Å²) in [6.07, 6.45) is 0.622. The van der Waals surface area contributed by atoms with Gasteiger partial charge in [-0.2, -0.15) is 0 Å². The molecule has 0 bridgehead atoms. The highest BCUT2D eigenvalue weighted by molar-refractivity contribution is 5.56. The number of hydrogen-bond donors (Lipinski definition) is 0. The minimum Gasteiger partial charge on any atom is -0.342 e. The highest BCUT2D eigenvalue weighted by Crippen LogP contribution is 2.36. The van der Waals surface area contributed by atoms with Crippen LogP contribution in [0.3, 0.4) is 0 Å². The van der Waals surface area contributed by atoms with Crippen molar-refractivity contribution in [2.75, 3.05) is 0 Å². The average molecular weight is 172 g/mol. The molecule has 2 fully saturated rings. The molecule has 68 valence electrons. The molecule has 2 rings (SSSR count). The second-order valence-electron chi connectivity index (χ2n) is 3.59. The Hall–Kier alpha value is -0.450. The van der Waals surface area contributed by atoms with Crippen LogP contribution in [-0.2, 0) is 19.0 Å². The van der Waals surface area contributed by atoms with Crippen LogP contribution in [0, 0.1) is 0 Å². The first-order valence-electron chi connectivity index (χ1n) is 4.07. The minimum atomic E-state index is -0.566. The second-order valence-corrected chi connectivity index (χ2v) is 3.59. The van der Waals surface area contributed by atoms with Crippen LogP contribution >= 0.6 is 0 Å². The van der Waals surface area contributed by atoms with Crippen molar-refractivity contribution >= 4 is 6.29 Å². The maximum atomic E-state index is 10.4. The third-order valence-electron chi connectivity index (χ3n) is 2.06. The lowest BCUT2D eigenvalue weighted by Gasteiger charge is -2.18. The molecule has 2 aliphatic heterocycles. The van der Waals surface area contributed by atoms with E-state index in [4.69, 9.17) is 14.2 Å². The largest absolute Gasteiger partial charge is 0.342 e. The molecule has 2 saturated heterocycles. The van der Waals surface area contributed by atoms with Crippen LogP contribution in [0.2, 0.25) is 0 Å². The molecule has 3 atom stereocenters. The number of carbonyl (C=O) groups excluding carboxylic acids is 1. The fourth-order valence-electron chi connectivity index (χ4n) is 1.62. The van der Waals surface area contributed by atoms with E-state index in [1.165, 1.54) is 0 Å². The number of aldehydes is 1. The Morgan fingerprint density at radius 3 is 2.75 bits per heavy atom. The molecular formula is C8H12O4. The van der Waals surface area contributed by atoms with Gasteiger partial charge >= 0.3 is 0 Å². The zero-order valence-corrected chi connectivity index (χ0v) is 7.15. The van der Waals surface area contributed by atoms with Crippen LogP contribution in [-0.4, -0.2) is 30.6 Å². The number of carbonyl (C=O) groups is 1. The summed E-state index contributed by atoms with van der Waals surface area (Å²) >= 11 is 0. The third kappa shape index (κ3) is 1.26. The topological polar surface area (TPSA) is 44.8 Å². The van der Waals surface area contributed by atoms with Gasteiger partial charge in [-0.05, 0) is 13.8 Å². The molecule has 2 heterocycles. The van der Waals surface area contributed by atoms with Gasteiger partial charge in [0.05, 0.1) is 0 Å². The number of fused-ring (bicyclic) bond motifs is 1. The Kier molecular flexibility index (Phi) is 1.71. The fraction of sp³-hybridized carbons (Fsp3) is 0.875. The van der Waals surface area contributed by atoms with Gasteiger partial charge in [-0.1, -0.05) is 0 Å². The number of hydrogen-bond acceptors (Lipinski definition) is 4. The molecule has 0 N–H and O–H groups in total. The van der Waals surface area contributed by atoms with Crippen molar-refractivity contribution in [1.82, 2.24) is 0 Å². The van der Waals surface area contributed by atoms with Gasteiger partial charge in [0.1, 0.15) is 18.5 Å². The van der Waals surface area contributed by atoms with Crippen LogP contribution in [0.4, 0.5) is 0 Å². The van der Waals surface area contributed by atoms with E-state index in [0.717, 1.165) is 6.29 Å². The van der Waals surface area contributed by atoms with E-state index in [1.807, 2.05) is 13.8 Å². The van der Waals surface area contributed by atoms with E-state index in [-0.39, 0.29) is 18.5 Å². The number of rotatable bonds is 1. The summed E-state index contributed by atoms with van der Waals surface area (Å²) in [5.41, 5.74) is 0. The molecule has 12 heavy (non-hydrogen) atoms. The van der Waals surface area contributed by atoms with Crippen molar-refractivity contribution in [3.05, 3.63) is 0 Å². The zero-order chi connectivity index (χ0) is 8.77. The van der Waals surface area contributed by atoms with Crippen LogP contribution in [0.15, 0.2) is 0 Å². The molecule has 0 saturated carbocycles. The van der Waals surface area contributed by atoms with Crippen molar-refractivity contribution in [2.45, 2.75) is 44.6 Å². The predicted molar refractivity (Wildman–Crippen MR) is 39.4 cm³/mol. The summed E-state index contributed by atoms with van der Waals surface area (Å²) in [6, 6.07) is 0. The van der Waals surface area contributed by atoms with E-state index in [2.05, 4.69) is 0 Å². The van der Waals surface area contributed by atoms with Gasteiger partial charge in [-0.3, -0.25) is 0 Å². The summed E-state index contributed by atoms with van der Waals surface area (Å²) < 4.78 is 16.2. The van der Waals surface area contributed by atoms with E-state index < -0.39 is 5.79 Å². The molecule has 0 radical (unpaired) electrons. The van der Waals surface area contributed by atoms with Crippen LogP contribution < -0.4 is 0 Å². The van der Waals surface area contributed by atoms with Crippen LogP contribution in [0.5, 0.6) is 0 Å². The number of ether oxygens (including phenoxy) is 3. The monoisotopic (exact) mass is 172 g/mol. The molecule has 4 nitrogen and oxygen atoms in total. The first-order chi connectivity index (χ1) is 5.61. The molecule has 0 aromatic heterocycles. The lowest BCUT2D eigenvalue weighted by atomic mass is 10.2. The Balaban J connectivity index is 2.02. The Morgan fingerprint density at radius 2 is 2.17 bits per heavy atom. The maximum Gasteiger partial charge on any atom is 0.188 e. The molecule has 0 aromatic rings. The van der Waals surface area contributed by atoms with Gasteiger partial charge in [-0.15, -0.1) is 0 Å². The standard InChI is InChI=1S/C8H12O4/c1-8(2)11-6-3-5(4-9)10-7(6)12-8/h4-7H,3H2,1-2H3/t5-,6+,7?/m0/s1. The summed E-state index contributed by atoms with van der Waals surface area (Å²) in [4.78, 5) is 10.4. The molecule has 1 unspecified atom stereocenters. The first-order valence-corrected chi connectivity index (χ1v) is 4.07. The third-order valence-corrected chi connectivity index (χ3v) is 2.06. The Bertz CT molecular complexity index is 185. The van der Waals surface area contributed by atoms with Gasteiger partial charge in [0.15, 0.2) is 12.1 Å². The van der Waals surface area contributed by atoms with Crippen LogP contribution in [0.25, 0.3) is 0 Å². The van der Waals surface area contributed by atoms with E-state index >= 15 is 0 Å². The summed E-state index contributed by atoms with van der Waals surface area (Å²) in [5, 5.41) is 0. The van der Waals surface area contributed by atoms with Gasteiger partial charge in [0, 0.05) is 6.42 Å². The van der Waals surface area contributed by atoms with Crippen LogP contribution in [0.1, 0.15) is 20.3 Å². The first kappa shape index (κ1) is 8.16. The lowest BCUT2D eigenvalue weighted by Crippen LogP contribution is -2.25. The second kappa shape index (κ2) is 2.52. The molecule has 0 spiro atoms. The van der Waals surface area contributed by atoms with E-state index in [0.29, 0.717) is 6.42 Å². The summed E-state index contributed by atoms with van der Waals surface area (Å²) in [7, 11) is 0. The fourth-order valence-corrected chi connectivity index (χ4v) is 1.62. The van der Waals surface area contributed by atoms with Crippen molar-refractivity contribution in [2.24, 2.45) is 0 Å². The minimum absolute atomic E-state index is 0.0739. The Morgan fingerprint density at radius 1 is 1.42 bits per heavy atom. The zero-order valence-electron chi connectivity index (χ0n) is 7.15. The molecule has 0 aliphatic carbocycles. The summed E-state index contributed by atoms with van der Waals surface area (Å²) in [6.45, 7) is 3.68. The van der Waals surface area contributed by atoms with Gasteiger partial charge in [0.2, 0.25) is 0 Å². The maximum absolute atomic E-state index is 10.4. The molecule has 2 aliphatic rings. The van der Waals surface area contributed by atoms with E-state index in [9.17, 15) is 4.79 Å². The summed E-state index contributed by atoms with van der Waals surface area (Å²) in [5.74, 6) is -0.566. The molecular weight excluding hydrogens is 160 g/mol. The smallest absolute Gasteiger partial charge is 0.188 e. The van der Waals surface area contributed by atoms with Gasteiger partial charge in [0.25, 0.3) is 0 Å². The Labute approximate surface area is 70.8 Å². The molecule has 0 amide bonds. The van der Waals surface area contributed by atoms with E-state index in [1.54, 1.807) is 0 Å². The van der Waals surface area contributed by atoms with Crippen molar-refractivity contribution in [3.63, 3.8) is 0 Å². The quantitative estimate of drug-likeness (QED) is 0.539. The van der Waals surface area contributed by atoms with Gasteiger partial charge in [-0.25, -0.2) is 0 Å². The van der Waals surface area contributed by atoms with Crippen molar-refractivity contribution in [1.29, 1.82) is 0 Å². The normalized spacial score (nSPS) is 44.3. The highest BCUT2D eigenvalue weighted by Gasteiger charge is 2.48. The highest BCUT2D eigenvalue weighted by atomic mass is 16.8. The predicted octanol–water partition coefficient (Wildman–Crippen LogP) is 0.452. The molecule has 4 heteroatoms. The molecule has 0 aromatic carbocycles. The van der Waals surface area contributed by atoms with Crippen molar-refractivity contribution < 1.29 is 19.0 Å². The van der Waals surface area contributed by atoms with Gasteiger partial charge < -0.3 is 19.0 Å². The SMILES string of the molecule is CC1(C)OC2O[C@H](C=O)C[C@H]2O1.